The van der Waals surface area contributed by atoms with Crippen molar-refractivity contribution < 1.29 is 18.8 Å². The second-order valence-electron chi connectivity index (χ2n) is 9.37. The highest BCUT2D eigenvalue weighted by molar-refractivity contribution is 6.56. The fraction of sp³-hybridized carbons (Fsp3) is 0.650. The van der Waals surface area contributed by atoms with Crippen LogP contribution in [0.2, 0.25) is 0 Å². The highest BCUT2D eigenvalue weighted by Crippen LogP contribution is 2.38. The van der Waals surface area contributed by atoms with Crippen molar-refractivity contribution in [3.05, 3.63) is 23.4 Å². The number of nitrogens with one attached hydrogen (secondary N) is 1. The number of hydrogen-bond acceptors (Lipinski definition) is 7. The molecule has 2 rings (SSSR count). The van der Waals surface area contributed by atoms with Gasteiger partial charge in [0.15, 0.2) is 0 Å². The van der Waals surface area contributed by atoms with Gasteiger partial charge in [0.1, 0.15) is 5.60 Å². The Balaban J connectivity index is 2.25. The predicted molar refractivity (Wildman–Crippen MR) is 115 cm³/mol. The zero-order chi connectivity index (χ0) is 22.0. The maximum absolute atomic E-state index is 12.1. The molecule has 1 aromatic rings. The van der Waals surface area contributed by atoms with E-state index in [0.29, 0.717) is 5.95 Å². The van der Waals surface area contributed by atoms with E-state index in [1.54, 1.807) is 12.4 Å². The number of nitrogens with zero attached hydrogens (tertiary/aromatic N) is 3. The monoisotopic (exact) mass is 404 g/mol. The highest BCUT2D eigenvalue weighted by atomic mass is 16.7. The minimum Gasteiger partial charge on any atom is -0.444 e. The van der Waals surface area contributed by atoms with Crippen LogP contribution in [0, 0.1) is 0 Å². The Labute approximate surface area is 174 Å². The third-order valence-electron chi connectivity index (χ3n) is 4.80. The molecule has 0 radical (unpaired) electrons. The van der Waals surface area contributed by atoms with Crippen molar-refractivity contribution in [2.45, 2.75) is 65.3 Å². The molecule has 1 aliphatic rings. The average molecular weight is 404 g/mol. The Kier molecular flexibility index (Phi) is 6.64. The van der Waals surface area contributed by atoms with E-state index >= 15 is 0 Å². The van der Waals surface area contributed by atoms with Crippen LogP contribution in [0.5, 0.6) is 0 Å². The van der Waals surface area contributed by atoms with E-state index in [0.717, 1.165) is 11.0 Å². The maximum atomic E-state index is 12.1. The summed E-state index contributed by atoms with van der Waals surface area (Å²) >= 11 is 0. The molecule has 29 heavy (non-hydrogen) atoms. The molecule has 0 bridgehead atoms. The summed E-state index contributed by atoms with van der Waals surface area (Å²) in [5.41, 5.74) is -0.0298. The quantitative estimate of drug-likeness (QED) is 0.755. The molecule has 1 saturated heterocycles. The first-order valence-electron chi connectivity index (χ1n) is 9.72. The van der Waals surface area contributed by atoms with Gasteiger partial charge in [-0.3, -0.25) is 0 Å². The molecule has 1 aromatic heterocycles. The lowest BCUT2D eigenvalue weighted by atomic mass is 9.77. The standard InChI is InChI=1S/C20H33BN4O4/c1-18(2,3)27-17(26)24-13-15(21-28-19(4,5)20(6,7)29-21)10-14-11-22-16(23-12-14)25(8)9/h10-12H,13H2,1-9H3,(H,24,26). The van der Waals surface area contributed by atoms with Gasteiger partial charge >= 0.3 is 13.2 Å². The average Bonchev–Trinajstić information content (AvgIpc) is 2.78. The Morgan fingerprint density at radius 3 is 2.14 bits per heavy atom. The first-order valence-corrected chi connectivity index (χ1v) is 9.72. The number of amides is 1. The van der Waals surface area contributed by atoms with Crippen LogP contribution in [0.1, 0.15) is 54.0 Å². The Hall–Kier alpha value is -2.13. The van der Waals surface area contributed by atoms with Crippen molar-refractivity contribution >= 4 is 25.2 Å². The van der Waals surface area contributed by atoms with Crippen LogP contribution < -0.4 is 10.2 Å². The van der Waals surface area contributed by atoms with Gasteiger partial charge in [0, 0.05) is 38.6 Å². The van der Waals surface area contributed by atoms with E-state index in [1.807, 2.05) is 73.5 Å². The normalized spacial score (nSPS) is 18.5. The zero-order valence-corrected chi connectivity index (χ0v) is 19.0. The molecular weight excluding hydrogens is 371 g/mol. The first kappa shape index (κ1) is 23.2. The lowest BCUT2D eigenvalue weighted by Crippen LogP contribution is -2.41. The molecule has 1 N–H and O–H groups in total. The molecule has 0 saturated carbocycles. The van der Waals surface area contributed by atoms with E-state index in [-0.39, 0.29) is 6.54 Å². The van der Waals surface area contributed by atoms with Crippen LogP contribution >= 0.6 is 0 Å². The Morgan fingerprint density at radius 1 is 1.17 bits per heavy atom. The summed E-state index contributed by atoms with van der Waals surface area (Å²) in [7, 11) is 3.15. The minimum atomic E-state index is -0.608. The van der Waals surface area contributed by atoms with Crippen LogP contribution in [0.3, 0.4) is 0 Å². The number of anilines is 1. The van der Waals surface area contributed by atoms with Crippen molar-refractivity contribution in [1.82, 2.24) is 15.3 Å². The van der Waals surface area contributed by atoms with Gasteiger partial charge in [-0.2, -0.15) is 0 Å². The van der Waals surface area contributed by atoms with E-state index in [1.165, 1.54) is 0 Å². The summed E-state index contributed by atoms with van der Waals surface area (Å²) in [6, 6.07) is 0. The number of hydrogen-bond donors (Lipinski definition) is 1. The molecule has 160 valence electrons. The Morgan fingerprint density at radius 2 is 1.69 bits per heavy atom. The summed E-state index contributed by atoms with van der Waals surface area (Å²) in [6.07, 6.45) is 4.82. The predicted octanol–water partition coefficient (Wildman–Crippen LogP) is 3.08. The van der Waals surface area contributed by atoms with Crippen molar-refractivity contribution in [3.8, 4) is 0 Å². The third kappa shape index (κ3) is 6.17. The topological polar surface area (TPSA) is 85.8 Å². The SMILES string of the molecule is CN(C)c1ncc(C=C(CNC(=O)OC(C)(C)C)B2OC(C)(C)C(C)(C)O2)cn1. The number of ether oxygens (including phenoxy) is 1. The fourth-order valence-electron chi connectivity index (χ4n) is 2.54. The second kappa shape index (κ2) is 8.32. The largest absolute Gasteiger partial charge is 0.492 e. The number of aromatic nitrogens is 2. The smallest absolute Gasteiger partial charge is 0.444 e. The molecule has 1 fully saturated rings. The fourth-order valence-corrected chi connectivity index (χ4v) is 2.54. The van der Waals surface area contributed by atoms with E-state index in [9.17, 15) is 4.79 Å². The van der Waals surface area contributed by atoms with Crippen LogP contribution in [-0.4, -0.2) is 60.6 Å². The minimum absolute atomic E-state index is 0.209. The van der Waals surface area contributed by atoms with Gasteiger partial charge in [-0.1, -0.05) is 6.08 Å². The molecule has 0 spiro atoms. The van der Waals surface area contributed by atoms with Crippen molar-refractivity contribution in [2.75, 3.05) is 25.5 Å². The number of carbonyl (C=O) groups is 1. The maximum Gasteiger partial charge on any atom is 0.492 e. The summed E-state index contributed by atoms with van der Waals surface area (Å²) in [5.74, 6) is 0.617. The lowest BCUT2D eigenvalue weighted by molar-refractivity contribution is 0.00578. The molecule has 0 atom stereocenters. The van der Waals surface area contributed by atoms with Crippen LogP contribution in [0.4, 0.5) is 10.7 Å². The molecule has 0 aliphatic carbocycles. The molecule has 9 heteroatoms. The van der Waals surface area contributed by atoms with E-state index < -0.39 is 30.0 Å². The molecule has 0 aromatic carbocycles. The summed E-state index contributed by atoms with van der Waals surface area (Å²) in [4.78, 5) is 22.6. The van der Waals surface area contributed by atoms with Gasteiger partial charge in [-0.25, -0.2) is 14.8 Å². The number of carbonyl (C=O) groups excluding carboxylic acids is 1. The number of alkyl carbamates (subject to hydrolysis) is 1. The summed E-state index contributed by atoms with van der Waals surface area (Å²) in [5, 5.41) is 2.78. The zero-order valence-electron chi connectivity index (χ0n) is 19.0. The lowest BCUT2D eigenvalue weighted by Gasteiger charge is -2.32. The Bertz CT molecular complexity index is 739. The molecular formula is C20H33BN4O4. The summed E-state index contributed by atoms with van der Waals surface area (Å²) < 4.78 is 17.7. The second-order valence-corrected chi connectivity index (χ2v) is 9.37. The van der Waals surface area contributed by atoms with Crippen LogP contribution in [0.15, 0.2) is 17.9 Å². The van der Waals surface area contributed by atoms with Crippen LogP contribution in [-0.2, 0) is 14.0 Å². The summed E-state index contributed by atoms with van der Waals surface area (Å²) in [6.45, 7) is 13.6. The van der Waals surface area contributed by atoms with Gasteiger partial charge in [0.25, 0.3) is 0 Å². The van der Waals surface area contributed by atoms with Gasteiger partial charge in [-0.15, -0.1) is 0 Å². The van der Waals surface area contributed by atoms with Gasteiger partial charge in [0.2, 0.25) is 5.95 Å². The van der Waals surface area contributed by atoms with Gasteiger partial charge in [-0.05, 0) is 53.9 Å². The first-order chi connectivity index (χ1) is 13.2. The third-order valence-corrected chi connectivity index (χ3v) is 4.80. The van der Waals surface area contributed by atoms with E-state index in [4.69, 9.17) is 14.0 Å². The highest BCUT2D eigenvalue weighted by Gasteiger charge is 2.52. The molecule has 1 aliphatic heterocycles. The number of rotatable bonds is 5. The van der Waals surface area contributed by atoms with Gasteiger partial charge in [0.05, 0.1) is 11.2 Å². The van der Waals surface area contributed by atoms with Crippen molar-refractivity contribution in [1.29, 1.82) is 0 Å². The molecule has 0 unspecified atom stereocenters. The van der Waals surface area contributed by atoms with E-state index in [2.05, 4.69) is 15.3 Å². The molecule has 2 heterocycles. The van der Waals surface area contributed by atoms with Gasteiger partial charge < -0.3 is 24.3 Å². The molecule has 8 nitrogen and oxygen atoms in total. The van der Waals surface area contributed by atoms with Crippen molar-refractivity contribution in [3.63, 3.8) is 0 Å². The van der Waals surface area contributed by atoms with Crippen LogP contribution in [0.25, 0.3) is 6.08 Å². The van der Waals surface area contributed by atoms with Crippen molar-refractivity contribution in [2.24, 2.45) is 0 Å². The molecule has 1 amide bonds.